The zero-order valence-corrected chi connectivity index (χ0v) is 10.7. The largest absolute Gasteiger partial charge is 0.573 e. The van der Waals surface area contributed by atoms with Crippen molar-refractivity contribution in [3.8, 4) is 5.75 Å². The van der Waals surface area contributed by atoms with Crippen molar-refractivity contribution in [1.29, 1.82) is 0 Å². The van der Waals surface area contributed by atoms with Gasteiger partial charge in [0.1, 0.15) is 5.75 Å². The molecule has 106 valence electrons. The molecule has 0 saturated heterocycles. The van der Waals surface area contributed by atoms with E-state index < -0.39 is 12.3 Å². The van der Waals surface area contributed by atoms with Gasteiger partial charge in [-0.25, -0.2) is 0 Å². The van der Waals surface area contributed by atoms with Crippen LogP contribution in [0, 0.1) is 0 Å². The average molecular weight is 276 g/mol. The van der Waals surface area contributed by atoms with Gasteiger partial charge < -0.3 is 9.47 Å². The lowest BCUT2D eigenvalue weighted by molar-refractivity contribution is -0.274. The molecule has 0 fully saturated rings. The van der Waals surface area contributed by atoms with E-state index in [4.69, 9.17) is 4.74 Å². The van der Waals surface area contributed by atoms with Crippen LogP contribution in [0.2, 0.25) is 0 Å². The van der Waals surface area contributed by atoms with Gasteiger partial charge in [0.05, 0.1) is 13.0 Å². The first-order chi connectivity index (χ1) is 8.87. The molecule has 1 rings (SSSR count). The minimum Gasteiger partial charge on any atom is -0.466 e. The van der Waals surface area contributed by atoms with Gasteiger partial charge in [-0.1, -0.05) is 19.1 Å². The Morgan fingerprint density at radius 3 is 2.47 bits per heavy atom. The zero-order valence-electron chi connectivity index (χ0n) is 10.7. The highest BCUT2D eigenvalue weighted by Crippen LogP contribution is 2.29. The van der Waals surface area contributed by atoms with Crippen LogP contribution in [0.5, 0.6) is 5.75 Å². The van der Waals surface area contributed by atoms with Gasteiger partial charge in [-0.15, -0.1) is 13.2 Å². The molecular weight excluding hydrogens is 261 g/mol. The van der Waals surface area contributed by atoms with Gasteiger partial charge in [0.15, 0.2) is 0 Å². The second-order valence-corrected chi connectivity index (χ2v) is 3.78. The fourth-order valence-corrected chi connectivity index (χ4v) is 1.77. The first kappa shape index (κ1) is 15.3. The average Bonchev–Trinajstić information content (AvgIpc) is 2.27. The van der Waals surface area contributed by atoms with Crippen molar-refractivity contribution in [2.24, 2.45) is 0 Å². The summed E-state index contributed by atoms with van der Waals surface area (Å²) in [6.07, 6.45) is -4.47. The molecule has 0 aliphatic heterocycles. The summed E-state index contributed by atoms with van der Waals surface area (Å²) in [6.45, 7) is 3.61. The van der Waals surface area contributed by atoms with Crippen molar-refractivity contribution in [3.05, 3.63) is 29.3 Å². The molecule has 3 nitrogen and oxygen atoms in total. The van der Waals surface area contributed by atoms with E-state index in [2.05, 4.69) is 4.74 Å². The Hall–Kier alpha value is -1.72. The van der Waals surface area contributed by atoms with E-state index in [9.17, 15) is 18.0 Å². The molecule has 0 N–H and O–H groups in total. The summed E-state index contributed by atoms with van der Waals surface area (Å²) in [5.41, 5.74) is 0.857. The first-order valence-electron chi connectivity index (χ1n) is 5.89. The maximum Gasteiger partial charge on any atom is 0.573 e. The molecule has 0 atom stereocenters. The van der Waals surface area contributed by atoms with E-state index >= 15 is 0 Å². The number of carbonyl (C=O) groups excluding carboxylic acids is 1. The van der Waals surface area contributed by atoms with E-state index in [-0.39, 0.29) is 18.8 Å². The van der Waals surface area contributed by atoms with Gasteiger partial charge in [-0.3, -0.25) is 4.79 Å². The summed E-state index contributed by atoms with van der Waals surface area (Å²) in [7, 11) is 0. The molecule has 0 saturated carbocycles. The number of hydrogen-bond donors (Lipinski definition) is 0. The summed E-state index contributed by atoms with van der Waals surface area (Å²) < 4.78 is 45.5. The molecule has 0 aliphatic rings. The number of ether oxygens (including phenoxy) is 2. The number of hydrogen-bond acceptors (Lipinski definition) is 3. The molecule has 0 unspecified atom stereocenters. The Bertz CT molecular complexity index is 441. The van der Waals surface area contributed by atoms with Crippen LogP contribution >= 0.6 is 0 Å². The maximum absolute atomic E-state index is 12.3. The molecule has 0 radical (unpaired) electrons. The second-order valence-electron chi connectivity index (χ2n) is 3.78. The third-order valence-electron chi connectivity index (χ3n) is 2.45. The van der Waals surface area contributed by atoms with Gasteiger partial charge in [0.25, 0.3) is 0 Å². The minimum atomic E-state index is -4.74. The lowest BCUT2D eigenvalue weighted by Gasteiger charge is -2.15. The topological polar surface area (TPSA) is 35.5 Å². The van der Waals surface area contributed by atoms with Gasteiger partial charge >= 0.3 is 12.3 Å². The smallest absolute Gasteiger partial charge is 0.466 e. The zero-order chi connectivity index (χ0) is 14.5. The van der Waals surface area contributed by atoms with Crippen LogP contribution in [0.15, 0.2) is 18.2 Å². The highest BCUT2D eigenvalue weighted by molar-refractivity contribution is 5.73. The van der Waals surface area contributed by atoms with Crippen LogP contribution in [0.3, 0.4) is 0 Å². The van der Waals surface area contributed by atoms with Gasteiger partial charge in [0, 0.05) is 0 Å². The standard InChI is InChI=1S/C13H15F3O3/c1-3-10-9(8-12(17)18-4-2)6-5-7-11(10)19-13(14,15)16/h5-7H,3-4,8H2,1-2H3. The predicted octanol–water partition coefficient (Wildman–Crippen LogP) is 3.25. The summed E-state index contributed by atoms with van der Waals surface area (Å²) in [5.74, 6) is -0.738. The Morgan fingerprint density at radius 2 is 1.95 bits per heavy atom. The Balaban J connectivity index is 2.99. The van der Waals surface area contributed by atoms with Crippen LogP contribution in [0.4, 0.5) is 13.2 Å². The minimum absolute atomic E-state index is 0.0634. The van der Waals surface area contributed by atoms with E-state index in [1.165, 1.54) is 12.1 Å². The molecule has 0 amide bonds. The number of carbonyl (C=O) groups is 1. The quantitative estimate of drug-likeness (QED) is 0.774. The van der Waals surface area contributed by atoms with Crippen molar-refractivity contribution >= 4 is 5.97 Å². The summed E-state index contributed by atoms with van der Waals surface area (Å²) >= 11 is 0. The highest BCUT2D eigenvalue weighted by Gasteiger charge is 2.32. The number of esters is 1. The van der Waals surface area contributed by atoms with Crippen LogP contribution < -0.4 is 4.74 Å². The summed E-state index contributed by atoms with van der Waals surface area (Å²) in [5, 5.41) is 0. The Labute approximate surface area is 109 Å². The molecule has 19 heavy (non-hydrogen) atoms. The number of alkyl halides is 3. The highest BCUT2D eigenvalue weighted by atomic mass is 19.4. The second kappa shape index (κ2) is 6.45. The van der Waals surface area contributed by atoms with Crippen LogP contribution in [0.1, 0.15) is 25.0 Å². The predicted molar refractivity (Wildman–Crippen MR) is 62.8 cm³/mol. The van der Waals surface area contributed by atoms with Crippen LogP contribution in [-0.2, 0) is 22.4 Å². The summed E-state index contributed by atoms with van der Waals surface area (Å²) in [4.78, 5) is 11.4. The summed E-state index contributed by atoms with van der Waals surface area (Å²) in [6, 6.07) is 4.26. The third-order valence-corrected chi connectivity index (χ3v) is 2.45. The van der Waals surface area contributed by atoms with Gasteiger partial charge in [-0.2, -0.15) is 0 Å². The van der Waals surface area contributed by atoms with Crippen LogP contribution in [-0.4, -0.2) is 18.9 Å². The number of rotatable bonds is 5. The van der Waals surface area contributed by atoms with Crippen molar-refractivity contribution in [2.45, 2.75) is 33.1 Å². The fourth-order valence-electron chi connectivity index (χ4n) is 1.77. The van der Waals surface area contributed by atoms with Gasteiger partial charge in [0.2, 0.25) is 0 Å². The van der Waals surface area contributed by atoms with Crippen molar-refractivity contribution < 1.29 is 27.4 Å². The SMILES string of the molecule is CCOC(=O)Cc1cccc(OC(F)(F)F)c1CC. The van der Waals surface area contributed by atoms with Crippen molar-refractivity contribution in [2.75, 3.05) is 6.61 Å². The molecule has 1 aromatic rings. The molecule has 6 heteroatoms. The number of benzene rings is 1. The van der Waals surface area contributed by atoms with Crippen LogP contribution in [0.25, 0.3) is 0 Å². The molecule has 0 aromatic heterocycles. The molecule has 0 bridgehead atoms. The Kier molecular flexibility index (Phi) is 5.20. The Morgan fingerprint density at radius 1 is 1.26 bits per heavy atom. The first-order valence-corrected chi connectivity index (χ1v) is 5.89. The number of halogens is 3. The molecule has 1 aromatic carbocycles. The molecular formula is C13H15F3O3. The fraction of sp³-hybridized carbons (Fsp3) is 0.462. The normalized spacial score (nSPS) is 11.2. The molecule has 0 spiro atoms. The van der Waals surface area contributed by atoms with E-state index in [0.717, 1.165) is 0 Å². The lowest BCUT2D eigenvalue weighted by atomic mass is 10.0. The van der Waals surface area contributed by atoms with Crippen molar-refractivity contribution in [3.63, 3.8) is 0 Å². The third kappa shape index (κ3) is 4.81. The van der Waals surface area contributed by atoms with E-state index in [0.29, 0.717) is 17.5 Å². The maximum atomic E-state index is 12.3. The monoisotopic (exact) mass is 276 g/mol. The molecule has 0 heterocycles. The lowest BCUT2D eigenvalue weighted by Crippen LogP contribution is -2.19. The van der Waals surface area contributed by atoms with Crippen molar-refractivity contribution in [1.82, 2.24) is 0 Å². The molecule has 0 aliphatic carbocycles. The van der Waals surface area contributed by atoms with Gasteiger partial charge in [-0.05, 0) is 30.5 Å². The van der Waals surface area contributed by atoms with E-state index in [1.54, 1.807) is 19.9 Å². The van der Waals surface area contributed by atoms with E-state index in [1.807, 2.05) is 0 Å².